The normalized spacial score (nSPS) is 20.5. The van der Waals surface area contributed by atoms with Gasteiger partial charge in [0.05, 0.1) is 43.3 Å². The first-order chi connectivity index (χ1) is 15.8. The summed E-state index contributed by atoms with van der Waals surface area (Å²) in [5.41, 5.74) is 3.20. The number of hydrogen-bond donors (Lipinski definition) is 3. The van der Waals surface area contributed by atoms with Crippen molar-refractivity contribution in [1.82, 2.24) is 19.7 Å². The van der Waals surface area contributed by atoms with Gasteiger partial charge in [-0.15, -0.1) is 0 Å². The van der Waals surface area contributed by atoms with Crippen molar-refractivity contribution in [3.63, 3.8) is 0 Å². The van der Waals surface area contributed by atoms with Gasteiger partial charge >= 0.3 is 0 Å². The van der Waals surface area contributed by atoms with Gasteiger partial charge in [-0.1, -0.05) is 25.4 Å². The summed E-state index contributed by atoms with van der Waals surface area (Å²) in [4.78, 5) is 9.02. The fraction of sp³-hybridized carbons (Fsp3) is 0.391. The molecule has 0 saturated carbocycles. The van der Waals surface area contributed by atoms with E-state index in [0.29, 0.717) is 54.5 Å². The summed E-state index contributed by atoms with van der Waals surface area (Å²) in [7, 11) is 0. The minimum Gasteiger partial charge on any atom is -0.395 e. The molecule has 0 bridgehead atoms. The third kappa shape index (κ3) is 3.91. The number of nitrogens with one attached hydrogen (secondary N) is 2. The Morgan fingerprint density at radius 1 is 1.33 bits per heavy atom. The van der Waals surface area contributed by atoms with Gasteiger partial charge in [-0.05, 0) is 23.8 Å². The van der Waals surface area contributed by atoms with E-state index in [2.05, 4.69) is 38.7 Å². The van der Waals surface area contributed by atoms with Crippen molar-refractivity contribution in [2.45, 2.75) is 25.8 Å². The number of aromatic nitrogens is 4. The van der Waals surface area contributed by atoms with E-state index >= 15 is 0 Å². The van der Waals surface area contributed by atoms with E-state index in [1.54, 1.807) is 24.4 Å². The van der Waals surface area contributed by atoms with Crippen LogP contribution >= 0.6 is 11.6 Å². The second-order valence-electron chi connectivity index (χ2n) is 9.33. The standard InChI is InChI=1S/C23H24ClN7O2/c1-22(12-33-13-22)10-31-19(7-18(24)30-31)29-21-26-4-3-17(28-21)14-5-15(8-25)20-16(6-14)23(2,11-32)9-27-20/h3-7,27,32H,9-13H2,1-2H3,(H,26,28,29)/t23-/m1/s1. The third-order valence-electron chi connectivity index (χ3n) is 6.29. The van der Waals surface area contributed by atoms with Crippen LogP contribution < -0.4 is 10.6 Å². The molecule has 0 spiro atoms. The number of rotatable bonds is 6. The molecule has 1 atom stereocenters. The number of halogens is 1. The number of ether oxygens (including phenoxy) is 1. The first-order valence-corrected chi connectivity index (χ1v) is 11.1. The predicted octanol–water partition coefficient (Wildman–Crippen LogP) is 3.32. The van der Waals surface area contributed by atoms with Crippen LogP contribution in [0.25, 0.3) is 11.3 Å². The van der Waals surface area contributed by atoms with Gasteiger partial charge in [-0.2, -0.15) is 10.4 Å². The summed E-state index contributed by atoms with van der Waals surface area (Å²) in [6.45, 7) is 6.68. The van der Waals surface area contributed by atoms with E-state index in [4.69, 9.17) is 16.3 Å². The van der Waals surface area contributed by atoms with E-state index in [1.807, 2.05) is 17.7 Å². The highest BCUT2D eigenvalue weighted by atomic mass is 35.5. The highest BCUT2D eigenvalue weighted by Gasteiger charge is 2.36. The maximum Gasteiger partial charge on any atom is 0.228 e. The topological polar surface area (TPSA) is 121 Å². The van der Waals surface area contributed by atoms with Crippen LogP contribution in [0.5, 0.6) is 0 Å². The van der Waals surface area contributed by atoms with Crippen molar-refractivity contribution in [2.24, 2.45) is 5.41 Å². The lowest BCUT2D eigenvalue weighted by atomic mass is 9.83. The zero-order chi connectivity index (χ0) is 23.2. The number of hydrogen-bond acceptors (Lipinski definition) is 8. The Bertz CT molecular complexity index is 1260. The highest BCUT2D eigenvalue weighted by molar-refractivity contribution is 6.29. The van der Waals surface area contributed by atoms with Crippen LogP contribution in [-0.2, 0) is 16.7 Å². The average Bonchev–Trinajstić information content (AvgIpc) is 3.31. The molecule has 1 saturated heterocycles. The molecule has 4 heterocycles. The quantitative estimate of drug-likeness (QED) is 0.507. The molecule has 10 heteroatoms. The SMILES string of the molecule is CC1(Cn2nc(Cl)cc2Nc2nccc(-c3cc(C#N)c4c(c3)[C@@](C)(CO)CN4)n2)COC1. The number of benzene rings is 1. The number of aliphatic hydroxyl groups is 1. The zero-order valence-corrected chi connectivity index (χ0v) is 19.1. The maximum absolute atomic E-state index is 9.95. The van der Waals surface area contributed by atoms with Crippen molar-refractivity contribution in [1.29, 1.82) is 5.26 Å². The molecular formula is C23H24ClN7O2. The Hall–Kier alpha value is -3.19. The molecule has 0 amide bonds. The van der Waals surface area contributed by atoms with Gasteiger partial charge in [0, 0.05) is 35.2 Å². The minimum absolute atomic E-state index is 0.0139. The van der Waals surface area contributed by atoms with Crippen LogP contribution in [0, 0.1) is 16.7 Å². The van der Waals surface area contributed by atoms with Crippen molar-refractivity contribution in [3.8, 4) is 17.3 Å². The van der Waals surface area contributed by atoms with Crippen LogP contribution in [0.4, 0.5) is 17.5 Å². The Morgan fingerprint density at radius 2 is 2.15 bits per heavy atom. The van der Waals surface area contributed by atoms with Crippen LogP contribution in [0.15, 0.2) is 30.5 Å². The third-order valence-corrected chi connectivity index (χ3v) is 6.47. The first kappa shape index (κ1) is 21.6. The lowest BCUT2D eigenvalue weighted by Crippen LogP contribution is -2.43. The molecule has 5 rings (SSSR count). The number of anilines is 3. The molecule has 33 heavy (non-hydrogen) atoms. The summed E-state index contributed by atoms with van der Waals surface area (Å²) in [5.74, 6) is 1.08. The molecule has 3 N–H and O–H groups in total. The zero-order valence-electron chi connectivity index (χ0n) is 18.4. The average molecular weight is 466 g/mol. The molecule has 0 aliphatic carbocycles. The number of fused-ring (bicyclic) bond motifs is 1. The second-order valence-corrected chi connectivity index (χ2v) is 9.72. The maximum atomic E-state index is 9.95. The second kappa shape index (κ2) is 7.99. The molecule has 1 fully saturated rings. The number of nitrogens with zero attached hydrogens (tertiary/aromatic N) is 5. The lowest BCUT2D eigenvalue weighted by Gasteiger charge is -2.38. The van der Waals surface area contributed by atoms with Gasteiger partial charge in [0.1, 0.15) is 11.9 Å². The summed E-state index contributed by atoms with van der Waals surface area (Å²) in [6, 6.07) is 9.58. The highest BCUT2D eigenvalue weighted by Crippen LogP contribution is 2.41. The van der Waals surface area contributed by atoms with Crippen molar-refractivity contribution < 1.29 is 9.84 Å². The van der Waals surface area contributed by atoms with Crippen LogP contribution in [0.2, 0.25) is 5.15 Å². The smallest absolute Gasteiger partial charge is 0.228 e. The molecule has 170 valence electrons. The van der Waals surface area contributed by atoms with Crippen LogP contribution in [-0.4, -0.2) is 51.2 Å². The van der Waals surface area contributed by atoms with Gasteiger partial charge < -0.3 is 20.5 Å². The molecule has 9 nitrogen and oxygen atoms in total. The molecule has 0 radical (unpaired) electrons. The van der Waals surface area contributed by atoms with Gasteiger partial charge in [-0.3, -0.25) is 0 Å². The Morgan fingerprint density at radius 3 is 2.85 bits per heavy atom. The fourth-order valence-electron chi connectivity index (χ4n) is 4.27. The van der Waals surface area contributed by atoms with E-state index in [1.165, 1.54) is 0 Å². The van der Waals surface area contributed by atoms with Crippen LogP contribution in [0.1, 0.15) is 25.0 Å². The predicted molar refractivity (Wildman–Crippen MR) is 125 cm³/mol. The molecule has 2 aromatic heterocycles. The van der Waals surface area contributed by atoms with Gasteiger partial charge in [0.15, 0.2) is 5.15 Å². The molecule has 3 aromatic rings. The fourth-order valence-corrected chi connectivity index (χ4v) is 4.46. The first-order valence-electron chi connectivity index (χ1n) is 10.7. The van der Waals surface area contributed by atoms with E-state index in [0.717, 1.165) is 16.8 Å². The van der Waals surface area contributed by atoms with Gasteiger partial charge in [-0.25, -0.2) is 14.6 Å². The van der Waals surface area contributed by atoms with E-state index in [9.17, 15) is 10.4 Å². The monoisotopic (exact) mass is 465 g/mol. The summed E-state index contributed by atoms with van der Waals surface area (Å²) >= 11 is 6.18. The lowest BCUT2D eigenvalue weighted by molar-refractivity contribution is -0.111. The summed E-state index contributed by atoms with van der Waals surface area (Å²) in [5, 5.41) is 30.9. The van der Waals surface area contributed by atoms with Crippen molar-refractivity contribution in [3.05, 3.63) is 46.7 Å². The molecule has 2 aliphatic heterocycles. The van der Waals surface area contributed by atoms with Gasteiger partial charge in [0.25, 0.3) is 0 Å². The van der Waals surface area contributed by atoms with Crippen molar-refractivity contribution >= 4 is 29.1 Å². The van der Waals surface area contributed by atoms with E-state index < -0.39 is 5.41 Å². The summed E-state index contributed by atoms with van der Waals surface area (Å²) < 4.78 is 7.16. The molecular weight excluding hydrogens is 442 g/mol. The molecule has 1 aromatic carbocycles. The van der Waals surface area contributed by atoms with E-state index in [-0.39, 0.29) is 12.0 Å². The number of nitriles is 1. The molecule has 2 aliphatic rings. The minimum atomic E-state index is -0.463. The summed E-state index contributed by atoms with van der Waals surface area (Å²) in [6.07, 6.45) is 1.66. The largest absolute Gasteiger partial charge is 0.395 e. The Labute approximate surface area is 196 Å². The Kier molecular flexibility index (Phi) is 5.24. The Balaban J connectivity index is 1.47. The van der Waals surface area contributed by atoms with Crippen LogP contribution in [0.3, 0.4) is 0 Å². The molecule has 0 unspecified atom stereocenters. The van der Waals surface area contributed by atoms with Gasteiger partial charge in [0.2, 0.25) is 5.95 Å². The number of aliphatic hydroxyl groups excluding tert-OH is 1. The van der Waals surface area contributed by atoms with Crippen molar-refractivity contribution in [2.75, 3.05) is 37.0 Å².